The monoisotopic (exact) mass is 508 g/mol. The number of alkyl halides is 3. The SMILES string of the molecule is CC(=O)c1ccc(NC(=O)c2nn3c(C(F)(F)F)cc(-c4cccs4)nc3c2Br)cc1. The Labute approximate surface area is 185 Å². The highest BCUT2D eigenvalue weighted by molar-refractivity contribution is 9.10. The number of hydrogen-bond donors (Lipinski definition) is 1. The maximum atomic E-state index is 13.7. The third-order valence-corrected chi connectivity index (χ3v) is 5.98. The number of nitrogens with one attached hydrogen (secondary N) is 1. The van der Waals surface area contributed by atoms with Crippen molar-refractivity contribution < 1.29 is 22.8 Å². The van der Waals surface area contributed by atoms with Crippen molar-refractivity contribution in [3.8, 4) is 10.6 Å². The number of ketones is 1. The molecule has 0 fully saturated rings. The molecule has 0 aliphatic heterocycles. The molecule has 0 saturated heterocycles. The van der Waals surface area contributed by atoms with Crippen molar-refractivity contribution in [2.45, 2.75) is 13.1 Å². The lowest BCUT2D eigenvalue weighted by molar-refractivity contribution is -0.142. The zero-order chi connectivity index (χ0) is 22.3. The third kappa shape index (κ3) is 4.10. The van der Waals surface area contributed by atoms with Crippen LogP contribution < -0.4 is 5.32 Å². The van der Waals surface area contributed by atoms with Gasteiger partial charge in [-0.1, -0.05) is 6.07 Å². The predicted molar refractivity (Wildman–Crippen MR) is 113 cm³/mol. The lowest BCUT2D eigenvalue weighted by Crippen LogP contribution is -2.15. The van der Waals surface area contributed by atoms with Crippen LogP contribution in [-0.4, -0.2) is 26.3 Å². The maximum Gasteiger partial charge on any atom is 0.433 e. The lowest BCUT2D eigenvalue weighted by Gasteiger charge is -2.10. The number of carbonyl (C=O) groups is 2. The second kappa shape index (κ2) is 7.89. The van der Waals surface area contributed by atoms with Crippen LogP contribution in [0.25, 0.3) is 16.2 Å². The van der Waals surface area contributed by atoms with Gasteiger partial charge in [-0.25, -0.2) is 9.50 Å². The number of carbonyl (C=O) groups excluding carboxylic acids is 2. The van der Waals surface area contributed by atoms with Gasteiger partial charge in [-0.2, -0.15) is 18.3 Å². The highest BCUT2D eigenvalue weighted by Crippen LogP contribution is 2.35. The van der Waals surface area contributed by atoms with Crippen LogP contribution in [0.1, 0.15) is 33.5 Å². The van der Waals surface area contributed by atoms with Gasteiger partial charge in [0.05, 0.1) is 15.0 Å². The molecule has 0 saturated carbocycles. The van der Waals surface area contributed by atoms with Gasteiger partial charge in [-0.3, -0.25) is 9.59 Å². The molecule has 158 valence electrons. The summed E-state index contributed by atoms with van der Waals surface area (Å²) in [4.78, 5) is 28.9. The normalized spacial score (nSPS) is 11.6. The number of anilines is 1. The molecule has 0 aliphatic carbocycles. The van der Waals surface area contributed by atoms with Gasteiger partial charge in [-0.15, -0.1) is 11.3 Å². The minimum atomic E-state index is -4.71. The van der Waals surface area contributed by atoms with E-state index in [9.17, 15) is 22.8 Å². The molecule has 6 nitrogen and oxygen atoms in total. The van der Waals surface area contributed by atoms with Crippen molar-refractivity contribution in [1.29, 1.82) is 0 Å². The molecule has 1 N–H and O–H groups in total. The Balaban J connectivity index is 1.77. The smallest absolute Gasteiger partial charge is 0.321 e. The molecule has 4 rings (SSSR count). The van der Waals surface area contributed by atoms with E-state index in [0.29, 0.717) is 20.6 Å². The number of rotatable bonds is 4. The summed E-state index contributed by atoms with van der Waals surface area (Å²) in [5.41, 5.74) is -0.477. The van der Waals surface area contributed by atoms with Gasteiger partial charge in [0.15, 0.2) is 22.8 Å². The summed E-state index contributed by atoms with van der Waals surface area (Å²) in [6.07, 6.45) is -4.71. The van der Waals surface area contributed by atoms with Crippen LogP contribution in [0.15, 0.2) is 52.3 Å². The number of halogens is 4. The van der Waals surface area contributed by atoms with Gasteiger partial charge in [0, 0.05) is 11.3 Å². The lowest BCUT2D eigenvalue weighted by atomic mass is 10.1. The number of Topliss-reactive ketones (excluding diaryl/α,β-unsaturated/α-hetero) is 1. The zero-order valence-electron chi connectivity index (χ0n) is 15.7. The number of thiophene rings is 1. The fourth-order valence-electron chi connectivity index (χ4n) is 2.87. The van der Waals surface area contributed by atoms with Gasteiger partial charge in [0.25, 0.3) is 5.91 Å². The number of fused-ring (bicyclic) bond motifs is 1. The first kappa shape index (κ1) is 21.2. The van der Waals surface area contributed by atoms with Crippen LogP contribution in [0.5, 0.6) is 0 Å². The van der Waals surface area contributed by atoms with Crippen LogP contribution in [0.2, 0.25) is 0 Å². The Bertz CT molecular complexity index is 1300. The molecule has 0 spiro atoms. The van der Waals surface area contributed by atoms with E-state index in [-0.39, 0.29) is 27.3 Å². The summed E-state index contributed by atoms with van der Waals surface area (Å²) >= 11 is 4.43. The molecule has 11 heteroatoms. The number of nitrogens with zero attached hydrogens (tertiary/aromatic N) is 3. The number of amides is 1. The van der Waals surface area contributed by atoms with Crippen molar-refractivity contribution in [1.82, 2.24) is 14.6 Å². The summed E-state index contributed by atoms with van der Waals surface area (Å²) in [6.45, 7) is 1.41. The fourth-order valence-corrected chi connectivity index (χ4v) is 4.07. The Kier molecular flexibility index (Phi) is 5.40. The highest BCUT2D eigenvalue weighted by atomic mass is 79.9. The van der Waals surface area contributed by atoms with Crippen molar-refractivity contribution in [2.75, 3.05) is 5.32 Å². The topological polar surface area (TPSA) is 76.4 Å². The quantitative estimate of drug-likeness (QED) is 0.359. The van der Waals surface area contributed by atoms with E-state index >= 15 is 0 Å². The molecule has 1 aromatic carbocycles. The van der Waals surface area contributed by atoms with E-state index in [0.717, 1.165) is 6.07 Å². The summed E-state index contributed by atoms with van der Waals surface area (Å²) in [5.74, 6) is -0.855. The van der Waals surface area contributed by atoms with Crippen molar-refractivity contribution in [3.05, 3.63) is 69.3 Å². The van der Waals surface area contributed by atoms with E-state index in [1.54, 1.807) is 17.5 Å². The summed E-state index contributed by atoms with van der Waals surface area (Å²) in [6, 6.07) is 10.4. The first-order valence-electron chi connectivity index (χ1n) is 8.78. The fraction of sp³-hybridized carbons (Fsp3) is 0.100. The van der Waals surface area contributed by atoms with Crippen LogP contribution in [-0.2, 0) is 6.18 Å². The minimum Gasteiger partial charge on any atom is -0.321 e. The summed E-state index contributed by atoms with van der Waals surface area (Å²) in [5, 5.41) is 8.16. The van der Waals surface area contributed by atoms with E-state index in [1.807, 2.05) is 0 Å². The largest absolute Gasteiger partial charge is 0.433 e. The molecule has 1 amide bonds. The molecule has 3 heterocycles. The Morgan fingerprint density at radius 3 is 2.45 bits per heavy atom. The number of benzene rings is 1. The molecule has 4 aromatic rings. The second-order valence-electron chi connectivity index (χ2n) is 6.49. The molecule has 0 atom stereocenters. The molecule has 0 unspecified atom stereocenters. The van der Waals surface area contributed by atoms with Crippen LogP contribution >= 0.6 is 27.3 Å². The van der Waals surface area contributed by atoms with E-state index in [1.165, 1.54) is 42.5 Å². The predicted octanol–water partition coefficient (Wildman–Crippen LogP) is 5.69. The van der Waals surface area contributed by atoms with Crippen LogP contribution in [0.4, 0.5) is 18.9 Å². The van der Waals surface area contributed by atoms with Crippen molar-refractivity contribution in [3.63, 3.8) is 0 Å². The molecule has 0 radical (unpaired) electrons. The van der Waals surface area contributed by atoms with E-state index < -0.39 is 17.8 Å². The van der Waals surface area contributed by atoms with Gasteiger partial charge >= 0.3 is 6.18 Å². The van der Waals surface area contributed by atoms with Crippen LogP contribution in [0.3, 0.4) is 0 Å². The zero-order valence-corrected chi connectivity index (χ0v) is 18.1. The first-order chi connectivity index (χ1) is 14.6. The Morgan fingerprint density at radius 2 is 1.87 bits per heavy atom. The van der Waals surface area contributed by atoms with E-state index in [4.69, 9.17) is 0 Å². The van der Waals surface area contributed by atoms with Gasteiger partial charge in [0.1, 0.15) is 0 Å². The standard InChI is InChI=1S/C20H12BrF3N4O2S/c1-10(29)11-4-6-12(7-5-11)25-19(30)17-16(21)18-26-13(14-3-2-8-31-14)9-15(20(22,23)24)28(18)27-17/h2-9H,1H3,(H,25,30). The Morgan fingerprint density at radius 1 is 1.16 bits per heavy atom. The second-order valence-corrected chi connectivity index (χ2v) is 8.23. The highest BCUT2D eigenvalue weighted by Gasteiger charge is 2.36. The minimum absolute atomic E-state index is 0.0364. The van der Waals surface area contributed by atoms with E-state index in [2.05, 4.69) is 31.3 Å². The molecule has 31 heavy (non-hydrogen) atoms. The average molecular weight is 509 g/mol. The van der Waals surface area contributed by atoms with Crippen LogP contribution in [0, 0.1) is 0 Å². The molecular formula is C20H12BrF3N4O2S. The number of aromatic nitrogens is 3. The Hall–Kier alpha value is -3.05. The van der Waals surface area contributed by atoms with Gasteiger partial charge in [0.2, 0.25) is 0 Å². The third-order valence-electron chi connectivity index (χ3n) is 4.36. The molecular weight excluding hydrogens is 497 g/mol. The van der Waals surface area contributed by atoms with Gasteiger partial charge < -0.3 is 5.32 Å². The molecule has 0 aliphatic rings. The molecule has 3 aromatic heterocycles. The van der Waals surface area contributed by atoms with Crippen molar-refractivity contribution in [2.24, 2.45) is 0 Å². The summed E-state index contributed by atoms with van der Waals surface area (Å²) in [7, 11) is 0. The first-order valence-corrected chi connectivity index (χ1v) is 10.4. The van der Waals surface area contributed by atoms with Crippen molar-refractivity contribution >= 4 is 50.3 Å². The maximum absolute atomic E-state index is 13.7. The molecule has 0 bridgehead atoms. The summed E-state index contributed by atoms with van der Waals surface area (Å²) < 4.78 is 41.8. The van der Waals surface area contributed by atoms with Gasteiger partial charge in [-0.05, 0) is 64.6 Å². The number of hydrogen-bond acceptors (Lipinski definition) is 5. The average Bonchev–Trinajstić information content (AvgIpc) is 3.35.